The Balaban J connectivity index is 2.12. The number of carbonyl (C=O) groups excluding carboxylic acids is 2. The number of benzene rings is 1. The van der Waals surface area contributed by atoms with E-state index in [1.165, 1.54) is 11.3 Å². The Labute approximate surface area is 144 Å². The van der Waals surface area contributed by atoms with Crippen molar-refractivity contribution in [3.8, 4) is 0 Å². The monoisotopic (exact) mass is 350 g/mol. The van der Waals surface area contributed by atoms with Crippen molar-refractivity contribution in [2.45, 2.75) is 26.8 Å². The third-order valence-electron chi connectivity index (χ3n) is 3.51. The van der Waals surface area contributed by atoms with Gasteiger partial charge in [0.15, 0.2) is 0 Å². The van der Waals surface area contributed by atoms with Gasteiger partial charge in [-0.15, -0.1) is 11.3 Å². The van der Waals surface area contributed by atoms with Crippen molar-refractivity contribution in [3.63, 3.8) is 0 Å². The van der Waals surface area contributed by atoms with Crippen molar-refractivity contribution >= 4 is 40.4 Å². The Kier molecular flexibility index (Phi) is 5.80. The lowest BCUT2D eigenvalue weighted by atomic mass is 10.0. The van der Waals surface area contributed by atoms with E-state index in [1.807, 2.05) is 26.2 Å². The Hall–Kier alpha value is -1.85. The first-order valence-electron chi connectivity index (χ1n) is 7.30. The normalized spacial score (nSPS) is 12.0. The third-order valence-corrected chi connectivity index (χ3v) is 4.78. The van der Waals surface area contributed by atoms with Gasteiger partial charge in [-0.2, -0.15) is 0 Å². The summed E-state index contributed by atoms with van der Waals surface area (Å²) in [6.07, 6.45) is 0. The highest BCUT2D eigenvalue weighted by molar-refractivity contribution is 7.12. The van der Waals surface area contributed by atoms with Gasteiger partial charge < -0.3 is 10.6 Å². The van der Waals surface area contributed by atoms with Crippen molar-refractivity contribution < 1.29 is 9.59 Å². The van der Waals surface area contributed by atoms with E-state index in [2.05, 4.69) is 10.6 Å². The van der Waals surface area contributed by atoms with Crippen molar-refractivity contribution in [1.82, 2.24) is 5.32 Å². The molecule has 0 radical (unpaired) electrons. The van der Waals surface area contributed by atoms with Crippen LogP contribution in [0.1, 0.15) is 29.1 Å². The zero-order valence-electron chi connectivity index (χ0n) is 13.2. The van der Waals surface area contributed by atoms with Crippen LogP contribution in [-0.2, 0) is 4.79 Å². The van der Waals surface area contributed by atoms with Crippen LogP contribution in [0.5, 0.6) is 0 Å². The number of rotatable bonds is 5. The maximum Gasteiger partial charge on any atom is 0.262 e. The molecule has 0 spiro atoms. The van der Waals surface area contributed by atoms with Crippen molar-refractivity contribution in [3.05, 3.63) is 51.2 Å². The molecule has 2 N–H and O–H groups in total. The first-order chi connectivity index (χ1) is 10.9. The summed E-state index contributed by atoms with van der Waals surface area (Å²) in [4.78, 5) is 25.3. The fraction of sp³-hybridized carbons (Fsp3) is 0.294. The van der Waals surface area contributed by atoms with Crippen molar-refractivity contribution in [1.29, 1.82) is 0 Å². The molecule has 1 atom stereocenters. The minimum atomic E-state index is -0.622. The van der Waals surface area contributed by atoms with Gasteiger partial charge in [0.1, 0.15) is 6.04 Å². The van der Waals surface area contributed by atoms with Crippen LogP contribution in [0.25, 0.3) is 0 Å². The van der Waals surface area contributed by atoms with Gasteiger partial charge in [-0.25, -0.2) is 0 Å². The molecule has 0 aliphatic rings. The Morgan fingerprint density at radius 1 is 1.17 bits per heavy atom. The quantitative estimate of drug-likeness (QED) is 0.852. The standard InChI is InChI=1S/C17H19ClN2O2S/c1-10(2)15(20-16(21)14-8-5-9-23-14)17(22)19-13-7-4-6-12(18)11(13)3/h4-10,15H,1-3H3,(H,19,22)(H,20,21). The molecular formula is C17H19ClN2O2S. The summed E-state index contributed by atoms with van der Waals surface area (Å²) >= 11 is 7.42. The summed E-state index contributed by atoms with van der Waals surface area (Å²) in [6.45, 7) is 5.63. The van der Waals surface area contributed by atoms with E-state index in [-0.39, 0.29) is 17.7 Å². The molecular weight excluding hydrogens is 332 g/mol. The molecule has 0 saturated carbocycles. The lowest BCUT2D eigenvalue weighted by molar-refractivity contribution is -0.118. The van der Waals surface area contributed by atoms with Crippen LogP contribution in [0, 0.1) is 12.8 Å². The van der Waals surface area contributed by atoms with Gasteiger partial charge in [-0.1, -0.05) is 37.6 Å². The van der Waals surface area contributed by atoms with Crippen LogP contribution in [0.2, 0.25) is 5.02 Å². The summed E-state index contributed by atoms with van der Waals surface area (Å²) in [7, 11) is 0. The van der Waals surface area contributed by atoms with Gasteiger partial charge in [-0.3, -0.25) is 9.59 Å². The van der Waals surface area contributed by atoms with Gasteiger partial charge in [-0.05, 0) is 42.0 Å². The first kappa shape index (κ1) is 17.5. The molecule has 0 saturated heterocycles. The summed E-state index contributed by atoms with van der Waals surface area (Å²) in [5, 5.41) is 8.07. The molecule has 122 valence electrons. The van der Waals surface area contributed by atoms with Crippen LogP contribution in [0.15, 0.2) is 35.7 Å². The van der Waals surface area contributed by atoms with Crippen molar-refractivity contribution in [2.75, 3.05) is 5.32 Å². The fourth-order valence-corrected chi connectivity index (χ4v) is 2.91. The molecule has 0 aliphatic heterocycles. The Morgan fingerprint density at radius 2 is 1.91 bits per heavy atom. The Bertz CT molecular complexity index is 699. The second-order valence-electron chi connectivity index (χ2n) is 5.57. The van der Waals surface area contributed by atoms with Crippen LogP contribution >= 0.6 is 22.9 Å². The topological polar surface area (TPSA) is 58.2 Å². The number of anilines is 1. The van der Waals surface area contributed by atoms with Gasteiger partial charge in [0.2, 0.25) is 5.91 Å². The number of hydrogen-bond donors (Lipinski definition) is 2. The molecule has 2 amide bonds. The zero-order valence-corrected chi connectivity index (χ0v) is 14.8. The fourth-order valence-electron chi connectivity index (χ4n) is 2.11. The summed E-state index contributed by atoms with van der Waals surface area (Å²) in [5.41, 5.74) is 1.45. The van der Waals surface area contributed by atoms with Crippen LogP contribution in [-0.4, -0.2) is 17.9 Å². The number of carbonyl (C=O) groups is 2. The maximum atomic E-state index is 12.6. The van der Waals surface area contributed by atoms with Gasteiger partial charge in [0, 0.05) is 10.7 Å². The highest BCUT2D eigenvalue weighted by Gasteiger charge is 2.25. The van der Waals surface area contributed by atoms with E-state index >= 15 is 0 Å². The smallest absolute Gasteiger partial charge is 0.262 e. The minimum absolute atomic E-state index is 0.0431. The van der Waals surface area contributed by atoms with Gasteiger partial charge >= 0.3 is 0 Å². The lowest BCUT2D eigenvalue weighted by Crippen LogP contribution is -2.47. The predicted octanol–water partition coefficient (Wildman–Crippen LogP) is 4.10. The maximum absolute atomic E-state index is 12.6. The number of thiophene rings is 1. The molecule has 1 aromatic heterocycles. The Morgan fingerprint density at radius 3 is 2.52 bits per heavy atom. The van der Waals surface area contributed by atoms with Gasteiger partial charge in [0.05, 0.1) is 4.88 Å². The van der Waals surface area contributed by atoms with Gasteiger partial charge in [0.25, 0.3) is 5.91 Å². The third kappa shape index (κ3) is 4.33. The largest absolute Gasteiger partial charge is 0.339 e. The summed E-state index contributed by atoms with van der Waals surface area (Å²) in [5.74, 6) is -0.537. The van der Waals surface area contributed by atoms with E-state index in [0.717, 1.165) is 5.56 Å². The number of hydrogen-bond acceptors (Lipinski definition) is 3. The molecule has 2 aromatic rings. The molecule has 23 heavy (non-hydrogen) atoms. The first-order valence-corrected chi connectivity index (χ1v) is 8.56. The average molecular weight is 351 g/mol. The minimum Gasteiger partial charge on any atom is -0.339 e. The second-order valence-corrected chi connectivity index (χ2v) is 6.93. The molecule has 4 nitrogen and oxygen atoms in total. The van der Waals surface area contributed by atoms with E-state index in [9.17, 15) is 9.59 Å². The van der Waals surface area contributed by atoms with E-state index in [0.29, 0.717) is 15.6 Å². The SMILES string of the molecule is Cc1c(Cl)cccc1NC(=O)C(NC(=O)c1cccs1)C(C)C. The molecule has 0 aliphatic carbocycles. The predicted molar refractivity (Wildman–Crippen MR) is 95.2 cm³/mol. The summed E-state index contributed by atoms with van der Waals surface area (Å²) in [6, 6.07) is 8.25. The number of amides is 2. The molecule has 1 unspecified atom stereocenters. The molecule has 0 fully saturated rings. The molecule has 0 bridgehead atoms. The average Bonchev–Trinajstić information content (AvgIpc) is 3.03. The summed E-state index contributed by atoms with van der Waals surface area (Å²) < 4.78 is 0. The highest BCUT2D eigenvalue weighted by atomic mass is 35.5. The van der Waals surface area contributed by atoms with E-state index in [4.69, 9.17) is 11.6 Å². The zero-order chi connectivity index (χ0) is 17.0. The molecule has 6 heteroatoms. The van der Waals surface area contributed by atoms with Crippen LogP contribution in [0.3, 0.4) is 0 Å². The number of halogens is 1. The molecule has 2 rings (SSSR count). The van der Waals surface area contributed by atoms with E-state index in [1.54, 1.807) is 30.3 Å². The molecule has 1 aromatic carbocycles. The highest BCUT2D eigenvalue weighted by Crippen LogP contribution is 2.23. The lowest BCUT2D eigenvalue weighted by Gasteiger charge is -2.22. The number of nitrogens with one attached hydrogen (secondary N) is 2. The second kappa shape index (κ2) is 7.62. The van der Waals surface area contributed by atoms with Crippen LogP contribution < -0.4 is 10.6 Å². The van der Waals surface area contributed by atoms with Crippen molar-refractivity contribution in [2.24, 2.45) is 5.92 Å². The molecule has 1 heterocycles. The van der Waals surface area contributed by atoms with E-state index < -0.39 is 6.04 Å². The van der Waals surface area contributed by atoms with Crippen LogP contribution in [0.4, 0.5) is 5.69 Å².